The maximum absolute atomic E-state index is 5.67. The van der Waals surface area contributed by atoms with Crippen molar-refractivity contribution in [2.45, 2.75) is 20.4 Å². The van der Waals surface area contributed by atoms with Gasteiger partial charge < -0.3 is 10.5 Å². The summed E-state index contributed by atoms with van der Waals surface area (Å²) in [6.07, 6.45) is 2.02. The summed E-state index contributed by atoms with van der Waals surface area (Å²) in [5.74, 6) is 0.908. The third-order valence-electron chi connectivity index (χ3n) is 3.42. The predicted molar refractivity (Wildman–Crippen MR) is 82.4 cm³/mol. The Morgan fingerprint density at radius 3 is 2.80 bits per heavy atom. The summed E-state index contributed by atoms with van der Waals surface area (Å²) in [5, 5.41) is 0. The number of hydrogen-bond acceptors (Lipinski definition) is 4. The molecule has 1 aromatic carbocycles. The number of methoxy groups -OCH3 is 1. The number of ether oxygens (including phenoxy) is 1. The number of rotatable bonds is 3. The van der Waals surface area contributed by atoms with E-state index in [4.69, 9.17) is 10.5 Å². The zero-order valence-electron chi connectivity index (χ0n) is 11.8. The molecule has 0 radical (unpaired) electrons. The van der Waals surface area contributed by atoms with Crippen LogP contribution >= 0.6 is 11.3 Å². The van der Waals surface area contributed by atoms with Gasteiger partial charge in [0, 0.05) is 23.2 Å². The molecule has 0 bridgehead atoms. The normalized spacial score (nSPS) is 11.2. The highest BCUT2D eigenvalue weighted by atomic mass is 32.1. The van der Waals surface area contributed by atoms with Gasteiger partial charge in [-0.1, -0.05) is 0 Å². The van der Waals surface area contributed by atoms with Crippen LogP contribution < -0.4 is 10.5 Å². The Bertz CT molecular complexity index is 773. The first kappa shape index (κ1) is 13.1. The first-order valence-electron chi connectivity index (χ1n) is 6.46. The fourth-order valence-corrected chi connectivity index (χ4v) is 3.46. The van der Waals surface area contributed by atoms with Gasteiger partial charge >= 0.3 is 0 Å². The lowest BCUT2D eigenvalue weighted by atomic mass is 10.1. The molecule has 0 unspecified atom stereocenters. The van der Waals surface area contributed by atoms with Crippen molar-refractivity contribution in [1.29, 1.82) is 0 Å². The summed E-state index contributed by atoms with van der Waals surface area (Å²) in [6, 6.07) is 6.24. The highest BCUT2D eigenvalue weighted by molar-refractivity contribution is 7.17. The van der Waals surface area contributed by atoms with Crippen LogP contribution in [-0.4, -0.2) is 16.5 Å². The first-order chi connectivity index (χ1) is 9.63. The average Bonchev–Trinajstić information content (AvgIpc) is 2.94. The fraction of sp³-hybridized carbons (Fsp3) is 0.267. The summed E-state index contributed by atoms with van der Waals surface area (Å²) >= 11 is 1.69. The van der Waals surface area contributed by atoms with Gasteiger partial charge in [-0.05, 0) is 37.6 Å². The van der Waals surface area contributed by atoms with Crippen molar-refractivity contribution < 1.29 is 4.74 Å². The van der Waals surface area contributed by atoms with Gasteiger partial charge in [-0.15, -0.1) is 11.3 Å². The van der Waals surface area contributed by atoms with Gasteiger partial charge in [-0.25, -0.2) is 4.98 Å². The molecule has 104 valence electrons. The second kappa shape index (κ2) is 4.92. The van der Waals surface area contributed by atoms with Crippen LogP contribution in [0.1, 0.15) is 16.1 Å². The van der Waals surface area contributed by atoms with E-state index >= 15 is 0 Å². The molecule has 0 spiro atoms. The second-order valence-corrected chi connectivity index (χ2v) is 5.96. The monoisotopic (exact) mass is 287 g/mol. The molecule has 0 saturated carbocycles. The van der Waals surface area contributed by atoms with Crippen LogP contribution in [0.25, 0.3) is 16.2 Å². The van der Waals surface area contributed by atoms with Crippen molar-refractivity contribution in [1.82, 2.24) is 9.38 Å². The predicted octanol–water partition coefficient (Wildman–Crippen LogP) is 3.15. The number of thiazole rings is 1. The van der Waals surface area contributed by atoms with Crippen LogP contribution in [-0.2, 0) is 6.54 Å². The average molecular weight is 287 g/mol. The van der Waals surface area contributed by atoms with E-state index in [1.807, 2.05) is 12.3 Å². The molecule has 3 aromatic rings. The van der Waals surface area contributed by atoms with Gasteiger partial charge in [0.2, 0.25) is 0 Å². The Morgan fingerprint density at radius 1 is 1.35 bits per heavy atom. The Morgan fingerprint density at radius 2 is 2.15 bits per heavy atom. The number of hydrogen-bond donors (Lipinski definition) is 1. The maximum Gasteiger partial charge on any atom is 0.194 e. The molecule has 0 aliphatic rings. The van der Waals surface area contributed by atoms with Crippen LogP contribution in [0, 0.1) is 13.8 Å². The quantitative estimate of drug-likeness (QED) is 0.805. The number of fused-ring (bicyclic) bond motifs is 1. The van der Waals surface area contributed by atoms with Crippen molar-refractivity contribution in [2.75, 3.05) is 7.11 Å². The molecule has 3 rings (SSSR count). The molecular formula is C15H17N3OS. The van der Waals surface area contributed by atoms with Crippen LogP contribution in [0.5, 0.6) is 5.75 Å². The highest BCUT2D eigenvalue weighted by Crippen LogP contribution is 2.33. The molecule has 5 heteroatoms. The van der Waals surface area contributed by atoms with E-state index in [9.17, 15) is 0 Å². The first-order valence-corrected chi connectivity index (χ1v) is 7.28. The minimum absolute atomic E-state index is 0.467. The van der Waals surface area contributed by atoms with Crippen molar-refractivity contribution >= 4 is 16.3 Å². The second-order valence-electron chi connectivity index (χ2n) is 4.78. The van der Waals surface area contributed by atoms with E-state index in [-0.39, 0.29) is 0 Å². The highest BCUT2D eigenvalue weighted by Gasteiger charge is 2.14. The standard InChI is InChI=1S/C15H17N3OS/c1-9-6-11(4-5-13(9)19-3)14-10(2)20-15-17-12(7-16)8-18(14)15/h4-6,8H,7,16H2,1-3H3. The summed E-state index contributed by atoms with van der Waals surface area (Å²) in [4.78, 5) is 6.77. The smallest absolute Gasteiger partial charge is 0.194 e. The topological polar surface area (TPSA) is 52.5 Å². The lowest BCUT2D eigenvalue weighted by molar-refractivity contribution is 0.412. The fourth-order valence-electron chi connectivity index (χ4n) is 2.46. The number of nitrogens with zero attached hydrogens (tertiary/aromatic N) is 2. The van der Waals surface area contributed by atoms with Crippen LogP contribution in [0.4, 0.5) is 0 Å². The number of aromatic nitrogens is 2. The van der Waals surface area contributed by atoms with E-state index in [1.165, 1.54) is 16.1 Å². The Kier molecular flexibility index (Phi) is 3.23. The Labute approximate surface area is 121 Å². The summed E-state index contributed by atoms with van der Waals surface area (Å²) in [6.45, 7) is 4.64. The molecule has 4 nitrogen and oxygen atoms in total. The lowest BCUT2D eigenvalue weighted by Crippen LogP contribution is -1.95. The Balaban J connectivity index is 2.19. The summed E-state index contributed by atoms with van der Waals surface area (Å²) in [5.41, 5.74) is 10.1. The van der Waals surface area contributed by atoms with Gasteiger partial charge in [0.25, 0.3) is 0 Å². The van der Waals surface area contributed by atoms with Crippen LogP contribution in [0.15, 0.2) is 24.4 Å². The largest absolute Gasteiger partial charge is 0.496 e. The molecule has 0 aliphatic carbocycles. The molecule has 2 heterocycles. The number of benzene rings is 1. The van der Waals surface area contributed by atoms with E-state index in [0.717, 1.165) is 22.0 Å². The van der Waals surface area contributed by atoms with Gasteiger partial charge in [0.05, 0.1) is 18.5 Å². The maximum atomic E-state index is 5.67. The third kappa shape index (κ3) is 1.99. The Hall–Kier alpha value is -1.85. The third-order valence-corrected chi connectivity index (χ3v) is 4.39. The van der Waals surface area contributed by atoms with Crippen molar-refractivity contribution in [3.05, 3.63) is 40.5 Å². The molecular weight excluding hydrogens is 270 g/mol. The van der Waals surface area contributed by atoms with Crippen LogP contribution in [0.2, 0.25) is 0 Å². The van der Waals surface area contributed by atoms with E-state index < -0.39 is 0 Å². The van der Waals surface area contributed by atoms with Gasteiger partial charge in [-0.2, -0.15) is 0 Å². The SMILES string of the molecule is COc1ccc(-c2c(C)sc3nc(CN)cn23)cc1C. The van der Waals surface area contributed by atoms with E-state index in [0.29, 0.717) is 6.54 Å². The number of nitrogens with two attached hydrogens (primary N) is 1. The lowest BCUT2D eigenvalue weighted by Gasteiger charge is -2.08. The van der Waals surface area contributed by atoms with Gasteiger partial charge in [-0.3, -0.25) is 4.40 Å². The number of imidazole rings is 1. The minimum Gasteiger partial charge on any atom is -0.496 e. The van der Waals surface area contributed by atoms with Crippen molar-refractivity contribution in [3.8, 4) is 17.0 Å². The molecule has 2 N–H and O–H groups in total. The van der Waals surface area contributed by atoms with Crippen molar-refractivity contribution in [3.63, 3.8) is 0 Å². The molecule has 0 atom stereocenters. The zero-order chi connectivity index (χ0) is 14.3. The minimum atomic E-state index is 0.467. The molecule has 0 fully saturated rings. The van der Waals surface area contributed by atoms with Crippen molar-refractivity contribution in [2.24, 2.45) is 5.73 Å². The molecule has 20 heavy (non-hydrogen) atoms. The van der Waals surface area contributed by atoms with Gasteiger partial charge in [0.1, 0.15) is 5.75 Å². The summed E-state index contributed by atoms with van der Waals surface area (Å²) in [7, 11) is 1.69. The summed E-state index contributed by atoms with van der Waals surface area (Å²) < 4.78 is 7.45. The van der Waals surface area contributed by atoms with E-state index in [1.54, 1.807) is 18.4 Å². The molecule has 2 aromatic heterocycles. The van der Waals surface area contributed by atoms with E-state index in [2.05, 4.69) is 35.4 Å². The molecule has 0 amide bonds. The number of aryl methyl sites for hydroxylation is 2. The molecule has 0 aliphatic heterocycles. The zero-order valence-corrected chi connectivity index (χ0v) is 12.6. The van der Waals surface area contributed by atoms with Crippen LogP contribution in [0.3, 0.4) is 0 Å². The molecule has 0 saturated heterocycles. The van der Waals surface area contributed by atoms with Gasteiger partial charge in [0.15, 0.2) is 4.96 Å².